The quantitative estimate of drug-likeness (QED) is 0.647. The van der Waals surface area contributed by atoms with E-state index in [0.717, 1.165) is 10.4 Å². The summed E-state index contributed by atoms with van der Waals surface area (Å²) in [5.74, 6) is 0.0526. The van der Waals surface area contributed by atoms with Crippen molar-refractivity contribution in [3.63, 3.8) is 0 Å². The maximum Gasteiger partial charge on any atom is 0.189 e. The number of rotatable bonds is 3. The van der Waals surface area contributed by atoms with E-state index in [-0.39, 0.29) is 12.4 Å². The molecule has 1 rings (SSSR count). The van der Waals surface area contributed by atoms with Gasteiger partial charge in [0.2, 0.25) is 0 Å². The van der Waals surface area contributed by atoms with E-state index < -0.39 is 0 Å². The highest BCUT2D eigenvalue weighted by atomic mass is 32.1. The highest BCUT2D eigenvalue weighted by molar-refractivity contribution is 7.10. The Bertz CT molecular complexity index is 252. The lowest BCUT2D eigenvalue weighted by Gasteiger charge is -1.93. The highest BCUT2D eigenvalue weighted by Gasteiger charge is 2.05. The Labute approximate surface area is 69.8 Å². The van der Waals surface area contributed by atoms with E-state index in [1.165, 1.54) is 7.11 Å². The molecular formula is C8H10O2S. The highest BCUT2D eigenvalue weighted by Crippen LogP contribution is 2.13. The van der Waals surface area contributed by atoms with E-state index in [2.05, 4.69) is 0 Å². The van der Waals surface area contributed by atoms with Gasteiger partial charge in [0.15, 0.2) is 5.78 Å². The van der Waals surface area contributed by atoms with Crippen LogP contribution in [0.1, 0.15) is 15.2 Å². The molecule has 1 aromatic heterocycles. The molecule has 0 amide bonds. The topological polar surface area (TPSA) is 26.3 Å². The summed E-state index contributed by atoms with van der Waals surface area (Å²) in [7, 11) is 1.52. The van der Waals surface area contributed by atoms with E-state index in [1.807, 2.05) is 18.4 Å². The summed E-state index contributed by atoms with van der Waals surface area (Å²) in [6.45, 7) is 2.16. The molecule has 60 valence electrons. The maximum atomic E-state index is 11.1. The maximum absolute atomic E-state index is 11.1. The molecular weight excluding hydrogens is 160 g/mol. The number of methoxy groups -OCH3 is 1. The first-order valence-corrected chi connectivity index (χ1v) is 4.19. The molecule has 11 heavy (non-hydrogen) atoms. The number of hydrogen-bond acceptors (Lipinski definition) is 3. The van der Waals surface area contributed by atoms with Crippen LogP contribution in [0, 0.1) is 6.92 Å². The van der Waals surface area contributed by atoms with Crippen molar-refractivity contribution in [1.82, 2.24) is 0 Å². The van der Waals surface area contributed by atoms with Gasteiger partial charge in [-0.1, -0.05) is 0 Å². The summed E-state index contributed by atoms with van der Waals surface area (Å²) < 4.78 is 4.72. The summed E-state index contributed by atoms with van der Waals surface area (Å²) >= 11 is 1.58. The van der Waals surface area contributed by atoms with Crippen molar-refractivity contribution in [1.29, 1.82) is 0 Å². The average Bonchev–Trinajstić information content (AvgIpc) is 2.36. The van der Waals surface area contributed by atoms with Gasteiger partial charge in [0.25, 0.3) is 0 Å². The fourth-order valence-corrected chi connectivity index (χ4v) is 1.51. The molecule has 0 saturated carbocycles. The van der Waals surface area contributed by atoms with Crippen LogP contribution in [0.25, 0.3) is 0 Å². The van der Waals surface area contributed by atoms with Crippen molar-refractivity contribution in [2.45, 2.75) is 6.92 Å². The van der Waals surface area contributed by atoms with Crippen molar-refractivity contribution in [3.8, 4) is 0 Å². The molecule has 0 atom stereocenters. The SMILES string of the molecule is COCC(=O)c1csc(C)c1. The van der Waals surface area contributed by atoms with E-state index >= 15 is 0 Å². The van der Waals surface area contributed by atoms with Crippen molar-refractivity contribution in [2.24, 2.45) is 0 Å². The first-order chi connectivity index (χ1) is 5.24. The Morgan fingerprint density at radius 2 is 2.45 bits per heavy atom. The molecule has 0 bridgehead atoms. The third kappa shape index (κ3) is 2.13. The second kappa shape index (κ2) is 3.64. The van der Waals surface area contributed by atoms with Crippen LogP contribution in [-0.2, 0) is 4.74 Å². The Hall–Kier alpha value is -0.670. The summed E-state index contributed by atoms with van der Waals surface area (Å²) in [5, 5.41) is 1.86. The van der Waals surface area contributed by atoms with Gasteiger partial charge in [-0.05, 0) is 13.0 Å². The molecule has 0 aliphatic heterocycles. The predicted octanol–water partition coefficient (Wildman–Crippen LogP) is 1.89. The van der Waals surface area contributed by atoms with Gasteiger partial charge >= 0.3 is 0 Å². The van der Waals surface area contributed by atoms with Gasteiger partial charge in [0.1, 0.15) is 6.61 Å². The molecule has 0 aromatic carbocycles. The molecule has 2 nitrogen and oxygen atoms in total. The van der Waals surface area contributed by atoms with Gasteiger partial charge in [0.05, 0.1) is 0 Å². The number of carbonyl (C=O) groups excluding carboxylic acids is 1. The molecule has 0 saturated heterocycles. The zero-order valence-electron chi connectivity index (χ0n) is 6.59. The Morgan fingerprint density at radius 1 is 1.73 bits per heavy atom. The molecule has 0 unspecified atom stereocenters. The number of thiophene rings is 1. The van der Waals surface area contributed by atoms with Crippen molar-refractivity contribution >= 4 is 17.1 Å². The largest absolute Gasteiger partial charge is 0.377 e. The van der Waals surface area contributed by atoms with Crippen molar-refractivity contribution in [3.05, 3.63) is 21.9 Å². The van der Waals surface area contributed by atoms with Crippen LogP contribution in [0.5, 0.6) is 0 Å². The predicted molar refractivity (Wildman–Crippen MR) is 45.3 cm³/mol. The lowest BCUT2D eigenvalue weighted by atomic mass is 10.2. The van der Waals surface area contributed by atoms with Crippen LogP contribution in [-0.4, -0.2) is 19.5 Å². The minimum atomic E-state index is 0.0526. The fraction of sp³-hybridized carbons (Fsp3) is 0.375. The molecule has 0 aliphatic carbocycles. The molecule has 0 fully saturated rings. The Morgan fingerprint density at radius 3 is 2.91 bits per heavy atom. The molecule has 0 aliphatic rings. The molecule has 1 heterocycles. The monoisotopic (exact) mass is 170 g/mol. The third-order valence-corrected chi connectivity index (χ3v) is 2.19. The lowest BCUT2D eigenvalue weighted by molar-refractivity contribution is 0.0848. The number of ketones is 1. The number of hydrogen-bond donors (Lipinski definition) is 0. The summed E-state index contributed by atoms with van der Waals surface area (Å²) in [6, 6.07) is 1.88. The van der Waals surface area contributed by atoms with Gasteiger partial charge in [0, 0.05) is 22.9 Å². The van der Waals surface area contributed by atoms with Gasteiger partial charge in [-0.25, -0.2) is 0 Å². The van der Waals surface area contributed by atoms with Crippen molar-refractivity contribution in [2.75, 3.05) is 13.7 Å². The first kappa shape index (κ1) is 8.43. The minimum absolute atomic E-state index is 0.0526. The summed E-state index contributed by atoms with van der Waals surface area (Å²) in [6.07, 6.45) is 0. The van der Waals surface area contributed by atoms with Crippen molar-refractivity contribution < 1.29 is 9.53 Å². The second-order valence-corrected chi connectivity index (χ2v) is 3.42. The zero-order valence-corrected chi connectivity index (χ0v) is 7.40. The molecule has 0 spiro atoms. The number of aryl methyl sites for hydroxylation is 1. The van der Waals surface area contributed by atoms with Crippen LogP contribution in [0.3, 0.4) is 0 Å². The summed E-state index contributed by atoms with van der Waals surface area (Å²) in [5.41, 5.74) is 0.759. The van der Waals surface area contributed by atoms with E-state index in [9.17, 15) is 4.79 Å². The molecule has 1 aromatic rings. The first-order valence-electron chi connectivity index (χ1n) is 3.31. The molecule has 0 radical (unpaired) electrons. The van der Waals surface area contributed by atoms with Crippen LogP contribution >= 0.6 is 11.3 Å². The minimum Gasteiger partial charge on any atom is -0.377 e. The molecule has 0 N–H and O–H groups in total. The van der Waals surface area contributed by atoms with Crippen LogP contribution in [0.4, 0.5) is 0 Å². The number of Topliss-reactive ketones (excluding diaryl/α,β-unsaturated/α-hetero) is 1. The normalized spacial score (nSPS) is 10.0. The van der Waals surface area contributed by atoms with Gasteiger partial charge < -0.3 is 4.74 Å². The third-order valence-electron chi connectivity index (χ3n) is 1.33. The fourth-order valence-electron chi connectivity index (χ4n) is 0.804. The standard InChI is InChI=1S/C8H10O2S/c1-6-3-7(5-11-6)8(9)4-10-2/h3,5H,4H2,1-2H3. The van der Waals surface area contributed by atoms with E-state index in [1.54, 1.807) is 11.3 Å². The zero-order chi connectivity index (χ0) is 8.27. The Kier molecular flexibility index (Phi) is 2.79. The van der Waals surface area contributed by atoms with E-state index in [4.69, 9.17) is 4.74 Å². The van der Waals surface area contributed by atoms with Crippen LogP contribution in [0.15, 0.2) is 11.4 Å². The van der Waals surface area contributed by atoms with E-state index in [0.29, 0.717) is 0 Å². The summed E-state index contributed by atoms with van der Waals surface area (Å²) in [4.78, 5) is 12.3. The van der Waals surface area contributed by atoms with Gasteiger partial charge in [-0.15, -0.1) is 11.3 Å². The number of carbonyl (C=O) groups is 1. The van der Waals surface area contributed by atoms with Crippen LogP contribution in [0.2, 0.25) is 0 Å². The smallest absolute Gasteiger partial charge is 0.189 e. The van der Waals surface area contributed by atoms with Gasteiger partial charge in [-0.2, -0.15) is 0 Å². The second-order valence-electron chi connectivity index (χ2n) is 2.30. The average molecular weight is 170 g/mol. The van der Waals surface area contributed by atoms with Crippen LogP contribution < -0.4 is 0 Å². The molecule has 3 heteroatoms. The number of ether oxygens (including phenoxy) is 1. The Balaban J connectivity index is 2.69. The lowest BCUT2D eigenvalue weighted by Crippen LogP contribution is -2.05. The van der Waals surface area contributed by atoms with Gasteiger partial charge in [-0.3, -0.25) is 4.79 Å².